The zero-order valence-electron chi connectivity index (χ0n) is 9.72. The third-order valence-electron chi connectivity index (χ3n) is 2.79. The highest BCUT2D eigenvalue weighted by Crippen LogP contribution is 2.43. The summed E-state index contributed by atoms with van der Waals surface area (Å²) in [5, 5.41) is 9.31. The molecule has 0 aliphatic carbocycles. The van der Waals surface area contributed by atoms with Crippen molar-refractivity contribution in [2.24, 2.45) is 0 Å². The summed E-state index contributed by atoms with van der Waals surface area (Å²) in [5.74, 6) is -0.140. The van der Waals surface area contributed by atoms with Crippen LogP contribution in [0.1, 0.15) is 10.4 Å². The van der Waals surface area contributed by atoms with Gasteiger partial charge in [-0.15, -0.1) is 11.3 Å². The van der Waals surface area contributed by atoms with Gasteiger partial charge in [0.25, 0.3) is 0 Å². The number of hydrogen-bond acceptors (Lipinski definition) is 3. The van der Waals surface area contributed by atoms with Crippen molar-refractivity contribution in [2.45, 2.75) is 6.61 Å². The first kappa shape index (κ1) is 12.3. The fraction of sp³-hybridized carbons (Fsp3) is 0.0714. The van der Waals surface area contributed by atoms with Crippen LogP contribution < -0.4 is 4.74 Å². The first-order chi connectivity index (χ1) is 9.13. The maximum atomic E-state index is 10.5. The van der Waals surface area contributed by atoms with E-state index in [4.69, 9.17) is 21.4 Å². The lowest BCUT2D eigenvalue weighted by Gasteiger charge is -2.17. The molecule has 0 atom stereocenters. The van der Waals surface area contributed by atoms with Gasteiger partial charge >= 0.3 is 5.97 Å². The smallest absolute Gasteiger partial charge is 0.328 e. The Morgan fingerprint density at radius 1 is 1.42 bits per heavy atom. The monoisotopic (exact) mass is 292 g/mol. The number of benzene rings is 1. The molecule has 5 heteroatoms. The third kappa shape index (κ3) is 2.37. The number of thiophene rings is 1. The lowest BCUT2D eigenvalue weighted by molar-refractivity contribution is -0.131. The summed E-state index contributed by atoms with van der Waals surface area (Å²) in [7, 11) is 0. The molecule has 0 unspecified atom stereocenters. The van der Waals surface area contributed by atoms with E-state index in [9.17, 15) is 4.79 Å². The number of rotatable bonds is 2. The van der Waals surface area contributed by atoms with Crippen LogP contribution in [0.15, 0.2) is 30.3 Å². The number of aliphatic carboxylic acids is 1. The van der Waals surface area contributed by atoms with E-state index in [1.54, 1.807) is 12.1 Å². The zero-order valence-corrected chi connectivity index (χ0v) is 11.3. The van der Waals surface area contributed by atoms with Crippen LogP contribution in [0.2, 0.25) is 5.02 Å². The molecule has 1 aromatic heterocycles. The van der Waals surface area contributed by atoms with E-state index >= 15 is 0 Å². The molecule has 19 heavy (non-hydrogen) atoms. The number of carbonyl (C=O) groups is 1. The number of carboxylic acids is 1. The fourth-order valence-electron chi connectivity index (χ4n) is 1.98. The topological polar surface area (TPSA) is 46.5 Å². The summed E-state index contributed by atoms with van der Waals surface area (Å²) in [6.07, 6.45) is 2.73. The van der Waals surface area contributed by atoms with E-state index in [-0.39, 0.29) is 0 Å². The van der Waals surface area contributed by atoms with Gasteiger partial charge in [-0.3, -0.25) is 0 Å². The Morgan fingerprint density at radius 2 is 2.26 bits per heavy atom. The molecule has 0 bridgehead atoms. The summed E-state index contributed by atoms with van der Waals surface area (Å²) in [6, 6.07) is 7.47. The number of carboxylic acid groups (broad SMARTS) is 1. The van der Waals surface area contributed by atoms with Crippen LogP contribution >= 0.6 is 22.9 Å². The van der Waals surface area contributed by atoms with Crippen LogP contribution in [-0.4, -0.2) is 11.1 Å². The van der Waals surface area contributed by atoms with Gasteiger partial charge in [-0.05, 0) is 30.3 Å². The second-order valence-corrected chi connectivity index (χ2v) is 5.62. The maximum absolute atomic E-state index is 10.5. The largest absolute Gasteiger partial charge is 0.488 e. The highest BCUT2D eigenvalue weighted by atomic mass is 35.5. The third-order valence-corrected chi connectivity index (χ3v) is 4.20. The summed E-state index contributed by atoms with van der Waals surface area (Å²) in [4.78, 5) is 12.5. The Morgan fingerprint density at radius 3 is 3.05 bits per heavy atom. The number of halogens is 1. The summed E-state index contributed by atoms with van der Waals surface area (Å²) in [5.41, 5.74) is 2.03. The quantitative estimate of drug-likeness (QED) is 0.849. The molecule has 0 amide bonds. The molecule has 1 aliphatic heterocycles. The molecule has 0 saturated carbocycles. The molecule has 1 aliphatic rings. The Kier molecular flexibility index (Phi) is 3.05. The minimum absolute atomic E-state index is 0.501. The van der Waals surface area contributed by atoms with Crippen molar-refractivity contribution in [3.8, 4) is 16.2 Å². The molecule has 2 heterocycles. The van der Waals surface area contributed by atoms with E-state index in [2.05, 4.69) is 0 Å². The molecule has 3 rings (SSSR count). The Hall–Kier alpha value is -1.78. The molecule has 0 spiro atoms. The van der Waals surface area contributed by atoms with Crippen LogP contribution in [0, 0.1) is 0 Å². The van der Waals surface area contributed by atoms with Crippen molar-refractivity contribution in [3.63, 3.8) is 0 Å². The lowest BCUT2D eigenvalue weighted by atomic mass is 10.1. The van der Waals surface area contributed by atoms with Crippen LogP contribution in [0.5, 0.6) is 5.75 Å². The Bertz CT molecular complexity index is 688. The van der Waals surface area contributed by atoms with Crippen LogP contribution in [0.25, 0.3) is 16.5 Å². The van der Waals surface area contributed by atoms with Crippen molar-refractivity contribution in [1.29, 1.82) is 0 Å². The summed E-state index contributed by atoms with van der Waals surface area (Å²) >= 11 is 7.55. The molecule has 3 nitrogen and oxygen atoms in total. The standard InChI is InChI=1S/C14H9ClO3S/c15-9-1-3-12-11(6-9)14-8(7-18-12)5-10(19-14)2-4-13(16)17/h1-6H,7H2,(H,16,17)/b4-2+. The van der Waals surface area contributed by atoms with E-state index in [0.29, 0.717) is 11.6 Å². The SMILES string of the molecule is O=C(O)/C=C/c1cc2c(s1)-c1cc(Cl)ccc1OC2. The number of ether oxygens (including phenoxy) is 1. The van der Waals surface area contributed by atoms with Crippen LogP contribution in [-0.2, 0) is 11.4 Å². The highest BCUT2D eigenvalue weighted by Gasteiger charge is 2.20. The fourth-order valence-corrected chi connectivity index (χ4v) is 3.25. The van der Waals surface area contributed by atoms with Gasteiger partial charge in [0.1, 0.15) is 12.4 Å². The van der Waals surface area contributed by atoms with E-state index in [1.807, 2.05) is 18.2 Å². The molecule has 0 saturated heterocycles. The molecule has 2 aromatic rings. The Balaban J connectivity index is 2.06. The minimum atomic E-state index is -0.953. The second-order valence-electron chi connectivity index (χ2n) is 4.10. The summed E-state index contributed by atoms with van der Waals surface area (Å²) in [6.45, 7) is 0.501. The predicted molar refractivity (Wildman–Crippen MR) is 75.8 cm³/mol. The van der Waals surface area contributed by atoms with Gasteiger partial charge in [0.15, 0.2) is 0 Å². The number of hydrogen-bond donors (Lipinski definition) is 1. The molecule has 96 valence electrons. The second kappa shape index (κ2) is 4.72. The van der Waals surface area contributed by atoms with Crippen LogP contribution in [0.4, 0.5) is 0 Å². The maximum Gasteiger partial charge on any atom is 0.328 e. The van der Waals surface area contributed by atoms with E-state index in [0.717, 1.165) is 32.7 Å². The van der Waals surface area contributed by atoms with Crippen molar-refractivity contribution < 1.29 is 14.6 Å². The zero-order chi connectivity index (χ0) is 13.4. The average Bonchev–Trinajstić information content (AvgIpc) is 2.79. The average molecular weight is 293 g/mol. The molecular weight excluding hydrogens is 284 g/mol. The number of fused-ring (bicyclic) bond motifs is 3. The van der Waals surface area contributed by atoms with Crippen molar-refractivity contribution in [3.05, 3.63) is 45.8 Å². The van der Waals surface area contributed by atoms with Crippen molar-refractivity contribution >= 4 is 35.0 Å². The Labute approximate surface area is 118 Å². The van der Waals surface area contributed by atoms with Gasteiger partial charge in [-0.2, -0.15) is 0 Å². The molecule has 1 aromatic carbocycles. The highest BCUT2D eigenvalue weighted by molar-refractivity contribution is 7.16. The molecular formula is C14H9ClO3S. The molecule has 0 radical (unpaired) electrons. The van der Waals surface area contributed by atoms with E-state index in [1.165, 1.54) is 11.3 Å². The van der Waals surface area contributed by atoms with Crippen LogP contribution in [0.3, 0.4) is 0 Å². The van der Waals surface area contributed by atoms with Gasteiger partial charge in [-0.1, -0.05) is 11.6 Å². The molecule has 1 N–H and O–H groups in total. The van der Waals surface area contributed by atoms with Crippen molar-refractivity contribution in [1.82, 2.24) is 0 Å². The normalized spacial score (nSPS) is 12.9. The van der Waals surface area contributed by atoms with Gasteiger partial charge in [0, 0.05) is 32.0 Å². The van der Waals surface area contributed by atoms with Gasteiger partial charge in [-0.25, -0.2) is 4.79 Å². The van der Waals surface area contributed by atoms with Gasteiger partial charge in [0.05, 0.1) is 0 Å². The minimum Gasteiger partial charge on any atom is -0.488 e. The van der Waals surface area contributed by atoms with Gasteiger partial charge in [0.2, 0.25) is 0 Å². The van der Waals surface area contributed by atoms with Gasteiger partial charge < -0.3 is 9.84 Å². The molecule has 0 fully saturated rings. The first-order valence-corrected chi connectivity index (χ1v) is 6.79. The predicted octanol–water partition coefficient (Wildman–Crippen LogP) is 4.06. The lowest BCUT2D eigenvalue weighted by Crippen LogP contribution is -2.02. The first-order valence-electron chi connectivity index (χ1n) is 5.60. The summed E-state index contributed by atoms with van der Waals surface area (Å²) < 4.78 is 5.65. The van der Waals surface area contributed by atoms with E-state index < -0.39 is 5.97 Å². The van der Waals surface area contributed by atoms with Crippen molar-refractivity contribution in [2.75, 3.05) is 0 Å².